The Morgan fingerprint density at radius 1 is 0.964 bits per heavy atom. The van der Waals surface area contributed by atoms with Crippen LogP contribution < -0.4 is 10.6 Å². The van der Waals surface area contributed by atoms with E-state index in [1.807, 2.05) is 24.4 Å². The van der Waals surface area contributed by atoms with Gasteiger partial charge < -0.3 is 5.11 Å². The number of phenols is 1. The van der Waals surface area contributed by atoms with E-state index in [9.17, 15) is 5.11 Å². The van der Waals surface area contributed by atoms with E-state index in [0.717, 1.165) is 17.3 Å². The minimum absolute atomic E-state index is 0.357. The first-order valence-electron chi connectivity index (χ1n) is 8.69. The Balaban J connectivity index is 0.000000878. The number of nitrogens with zero attached hydrogens (tertiary/aromatic N) is 1. The second-order valence-electron chi connectivity index (χ2n) is 6.19. The van der Waals surface area contributed by atoms with Crippen molar-refractivity contribution in [2.24, 2.45) is 4.99 Å². The van der Waals surface area contributed by atoms with Crippen molar-refractivity contribution in [1.29, 1.82) is 0 Å². The third kappa shape index (κ3) is 7.35. The summed E-state index contributed by atoms with van der Waals surface area (Å²) in [7, 11) is 12.0. The first kappa shape index (κ1) is 23.1. The van der Waals surface area contributed by atoms with Gasteiger partial charge in [-0.2, -0.15) is 0 Å². The van der Waals surface area contributed by atoms with Gasteiger partial charge in [0.1, 0.15) is 5.75 Å². The van der Waals surface area contributed by atoms with Crippen LogP contribution in [0.3, 0.4) is 0 Å². The molecule has 0 heterocycles. The van der Waals surface area contributed by atoms with Gasteiger partial charge in [0, 0.05) is 24.1 Å². The van der Waals surface area contributed by atoms with Crippen molar-refractivity contribution in [2.75, 3.05) is 7.05 Å². The molecule has 0 saturated carbocycles. The molecule has 1 N–H and O–H groups in total. The third-order valence-corrected chi connectivity index (χ3v) is 5.45. The second-order valence-corrected chi connectivity index (χ2v) is 10.1. The summed E-state index contributed by atoms with van der Waals surface area (Å²) in [5.74, 6) is 0.357. The Morgan fingerprint density at radius 2 is 1.68 bits per heavy atom. The van der Waals surface area contributed by atoms with Gasteiger partial charge in [-0.3, -0.25) is 4.99 Å². The number of phenolic OH excluding ortho intramolecular Hbond substituents is 1. The van der Waals surface area contributed by atoms with Gasteiger partial charge in [-0.05, 0) is 48.0 Å². The van der Waals surface area contributed by atoms with E-state index in [4.69, 9.17) is 18.6 Å². The van der Waals surface area contributed by atoms with Crippen LogP contribution >= 0.6 is 27.2 Å². The van der Waals surface area contributed by atoms with Crippen LogP contribution in [0.4, 0.5) is 0 Å². The molecule has 0 amide bonds. The quantitative estimate of drug-likeness (QED) is 0.307. The molecule has 0 aliphatic rings. The fourth-order valence-electron chi connectivity index (χ4n) is 2.81. The van der Waals surface area contributed by atoms with E-state index < -0.39 is 17.0 Å². The Hall–Kier alpha value is -1.15. The maximum atomic E-state index is 10.3. The Morgan fingerprint density at radius 3 is 2.36 bits per heavy atom. The van der Waals surface area contributed by atoms with E-state index in [-0.39, 0.29) is 0 Å². The average molecular weight is 466 g/mol. The molecule has 0 spiro atoms. The van der Waals surface area contributed by atoms with E-state index in [1.165, 1.54) is 22.0 Å². The van der Waals surface area contributed by atoms with E-state index >= 15 is 0 Å². The molecular weight excluding hydrogens is 444 g/mol. The molecule has 3 aromatic rings. The number of aromatic hydroxyl groups is 1. The molecule has 28 heavy (non-hydrogen) atoms. The number of hydrogen-bond donors (Lipinski definition) is 1. The average Bonchev–Trinajstić information content (AvgIpc) is 2.68. The molecule has 0 saturated heterocycles. The van der Waals surface area contributed by atoms with Gasteiger partial charge in [0.05, 0.1) is 0 Å². The van der Waals surface area contributed by atoms with Crippen LogP contribution in [0.25, 0.3) is 0 Å². The number of halogens is 2. The van der Waals surface area contributed by atoms with Gasteiger partial charge in [-0.1, -0.05) is 62.7 Å². The first-order valence-corrected chi connectivity index (χ1v) is 14.0. The van der Waals surface area contributed by atoms with Gasteiger partial charge in [-0.15, -0.1) is 0 Å². The van der Waals surface area contributed by atoms with Crippen molar-refractivity contribution in [3.05, 3.63) is 89.0 Å². The van der Waals surface area contributed by atoms with Crippen molar-refractivity contribution >= 4 is 44.0 Å². The summed E-state index contributed by atoms with van der Waals surface area (Å²) in [4.78, 5) is 4.16. The van der Waals surface area contributed by atoms with Crippen molar-refractivity contribution in [3.63, 3.8) is 0 Å². The predicted octanol–water partition coefficient (Wildman–Crippen LogP) is 5.35. The summed E-state index contributed by atoms with van der Waals surface area (Å²) in [6.07, 6.45) is 2.76. The third-order valence-electron chi connectivity index (χ3n) is 4.06. The summed E-state index contributed by atoms with van der Waals surface area (Å²) in [5, 5.41) is 12.5. The van der Waals surface area contributed by atoms with Gasteiger partial charge >= 0.3 is 35.6 Å². The van der Waals surface area contributed by atoms with Gasteiger partial charge in [0.2, 0.25) is 0 Å². The van der Waals surface area contributed by atoms with Crippen LogP contribution in [-0.4, -0.2) is 18.4 Å². The SMILES string of the molecule is CN=Cc1cc(C)ccc1Pc1cc(Cc2ccccc2)ccc1O.[Cl][Ti][Cl]. The zero-order valence-corrected chi connectivity index (χ0v) is 19.9. The molecule has 1 atom stereocenters. The second kappa shape index (κ2) is 12.4. The van der Waals surface area contributed by atoms with E-state index in [2.05, 4.69) is 60.4 Å². The van der Waals surface area contributed by atoms with Crippen molar-refractivity contribution < 1.29 is 22.1 Å². The molecule has 0 aliphatic carbocycles. The van der Waals surface area contributed by atoms with Crippen LogP contribution in [0.5, 0.6) is 5.75 Å². The minimum atomic E-state index is -0.556. The molecule has 0 aromatic heterocycles. The van der Waals surface area contributed by atoms with Crippen molar-refractivity contribution in [2.45, 2.75) is 13.3 Å². The topological polar surface area (TPSA) is 32.6 Å². The molecule has 0 bridgehead atoms. The van der Waals surface area contributed by atoms with Crippen LogP contribution in [0.1, 0.15) is 22.3 Å². The van der Waals surface area contributed by atoms with Crippen molar-refractivity contribution in [1.82, 2.24) is 0 Å². The monoisotopic (exact) mass is 465 g/mol. The zero-order valence-electron chi connectivity index (χ0n) is 15.8. The molecule has 0 aliphatic heterocycles. The molecule has 2 nitrogen and oxygen atoms in total. The summed E-state index contributed by atoms with van der Waals surface area (Å²) >= 11 is -0.556. The molecule has 3 rings (SSSR count). The Labute approximate surface area is 185 Å². The van der Waals surface area contributed by atoms with Gasteiger partial charge in [0.25, 0.3) is 0 Å². The van der Waals surface area contributed by atoms with Crippen LogP contribution in [0.2, 0.25) is 0 Å². The molecule has 0 radical (unpaired) electrons. The number of aryl methyl sites for hydroxylation is 1. The summed E-state index contributed by atoms with van der Waals surface area (Å²) in [5.41, 5.74) is 4.82. The molecule has 0 fully saturated rings. The summed E-state index contributed by atoms with van der Waals surface area (Å²) in [6.45, 7) is 2.08. The van der Waals surface area contributed by atoms with Crippen LogP contribution in [-0.2, 0) is 23.5 Å². The standard InChI is InChI=1S/C22H22NOP.2ClH.Ti/c1-16-8-11-21(19(12-16)15-23-2)25-22-14-18(9-10-20(22)24)13-17-6-4-3-5-7-17;;;/h3-12,14-15,24-25H,13H2,1-2H3;2*1H;/q;;;+2/p-2. The van der Waals surface area contributed by atoms with E-state index in [1.54, 1.807) is 7.05 Å². The maximum absolute atomic E-state index is 10.3. The van der Waals surface area contributed by atoms with Gasteiger partial charge in [0.15, 0.2) is 0 Å². The zero-order chi connectivity index (χ0) is 20.4. The molecule has 3 aromatic carbocycles. The summed E-state index contributed by atoms with van der Waals surface area (Å²) < 4.78 is 0. The van der Waals surface area contributed by atoms with Crippen LogP contribution in [0.15, 0.2) is 71.7 Å². The molecule has 6 heteroatoms. The molecule has 1 unspecified atom stereocenters. The molecule has 144 valence electrons. The summed E-state index contributed by atoms with van der Waals surface area (Å²) in [6, 6.07) is 22.7. The number of rotatable bonds is 5. The Kier molecular flexibility index (Phi) is 10.3. The number of hydrogen-bond acceptors (Lipinski definition) is 2. The van der Waals surface area contributed by atoms with Gasteiger partial charge in [-0.25, -0.2) is 0 Å². The van der Waals surface area contributed by atoms with Crippen molar-refractivity contribution in [3.8, 4) is 5.75 Å². The first-order chi connectivity index (χ1) is 13.6. The predicted molar refractivity (Wildman–Crippen MR) is 121 cm³/mol. The number of benzene rings is 3. The van der Waals surface area contributed by atoms with E-state index in [0.29, 0.717) is 14.3 Å². The molecular formula is C22H22Cl2NOPTi. The van der Waals surface area contributed by atoms with Crippen LogP contribution in [0, 0.1) is 6.92 Å². The Bertz CT molecular complexity index is 920. The number of aliphatic imine (C=N–C) groups is 1. The normalized spacial score (nSPS) is 10.9. The fraction of sp³-hybridized carbons (Fsp3) is 0.136. The fourth-order valence-corrected chi connectivity index (χ4v) is 4.02.